The molecule has 0 amide bonds. The third kappa shape index (κ3) is 4.20. The van der Waals surface area contributed by atoms with E-state index in [-0.39, 0.29) is 0 Å². The van der Waals surface area contributed by atoms with Crippen LogP contribution >= 0.6 is 24.4 Å². The molecule has 2 rings (SSSR count). The Bertz CT molecular complexity index is 431. The molecule has 0 bridgehead atoms. The highest BCUT2D eigenvalue weighted by Gasteiger charge is 2.13. The van der Waals surface area contributed by atoms with Crippen LogP contribution < -0.4 is 5.32 Å². The van der Waals surface area contributed by atoms with Gasteiger partial charge in [-0.25, -0.2) is 0 Å². The minimum atomic E-state index is 0.423. The van der Waals surface area contributed by atoms with Gasteiger partial charge in [0, 0.05) is 6.54 Å². The van der Waals surface area contributed by atoms with Crippen molar-refractivity contribution in [3.05, 3.63) is 9.54 Å². The number of anilines is 1. The summed E-state index contributed by atoms with van der Waals surface area (Å²) in [5.74, 6) is 1.62. The van der Waals surface area contributed by atoms with E-state index in [1.807, 2.05) is 0 Å². The van der Waals surface area contributed by atoms with Crippen molar-refractivity contribution in [3.8, 4) is 0 Å². The van der Waals surface area contributed by atoms with E-state index in [0.717, 1.165) is 12.5 Å². The number of hydrogen-bond acceptors (Lipinski definition) is 4. The molecule has 1 aromatic rings. The Hall–Kier alpha value is -0.750. The average molecular weight is 270 g/mol. The lowest BCUT2D eigenvalue weighted by atomic mass is 10.0. The van der Waals surface area contributed by atoms with Crippen molar-refractivity contribution in [2.24, 2.45) is 5.92 Å². The summed E-state index contributed by atoms with van der Waals surface area (Å²) in [6.45, 7) is 0.924. The molecule has 1 saturated carbocycles. The molecule has 1 aromatic heterocycles. The maximum absolute atomic E-state index is 5.00. The van der Waals surface area contributed by atoms with Crippen molar-refractivity contribution in [1.82, 2.24) is 15.0 Å². The number of aromatic amines is 2. The Kier molecular flexibility index (Phi) is 4.67. The van der Waals surface area contributed by atoms with Crippen molar-refractivity contribution in [2.45, 2.75) is 38.5 Å². The molecule has 3 N–H and O–H groups in total. The topological polar surface area (TPSA) is 56.5 Å². The number of aromatic nitrogens is 3. The van der Waals surface area contributed by atoms with Crippen molar-refractivity contribution in [1.29, 1.82) is 0 Å². The Balaban J connectivity index is 1.74. The molecule has 0 saturated heterocycles. The van der Waals surface area contributed by atoms with Crippen LogP contribution in [0, 0.1) is 15.5 Å². The van der Waals surface area contributed by atoms with Crippen molar-refractivity contribution in [3.63, 3.8) is 0 Å². The monoisotopic (exact) mass is 270 g/mol. The van der Waals surface area contributed by atoms with E-state index in [2.05, 4.69) is 20.3 Å². The van der Waals surface area contributed by atoms with Crippen LogP contribution in [0.25, 0.3) is 0 Å². The first-order valence-corrected chi connectivity index (χ1v) is 7.00. The standard InChI is InChI=1S/C11H18N4S2/c16-10-13-9(14-11(17)15-10)12-7-3-6-8-4-1-2-5-8/h8H,1-7H2,(H3,12,13,14,15,16,17). The van der Waals surface area contributed by atoms with Crippen LogP contribution in [-0.2, 0) is 0 Å². The number of nitrogens with zero attached hydrogens (tertiary/aromatic N) is 1. The van der Waals surface area contributed by atoms with Gasteiger partial charge in [0.1, 0.15) is 0 Å². The van der Waals surface area contributed by atoms with Gasteiger partial charge in [0.25, 0.3) is 0 Å². The molecule has 0 spiro atoms. The lowest BCUT2D eigenvalue weighted by molar-refractivity contribution is 0.491. The van der Waals surface area contributed by atoms with Gasteiger partial charge in [-0.1, -0.05) is 25.7 Å². The fourth-order valence-corrected chi connectivity index (χ4v) is 2.82. The molecule has 0 unspecified atom stereocenters. The van der Waals surface area contributed by atoms with E-state index >= 15 is 0 Å². The van der Waals surface area contributed by atoms with Gasteiger partial charge in [0.2, 0.25) is 10.7 Å². The largest absolute Gasteiger partial charge is 0.356 e. The molecule has 17 heavy (non-hydrogen) atoms. The Morgan fingerprint density at radius 2 is 2.00 bits per heavy atom. The van der Waals surface area contributed by atoms with Gasteiger partial charge in [0.05, 0.1) is 0 Å². The summed E-state index contributed by atoms with van der Waals surface area (Å²) < 4.78 is 0.940. The minimum absolute atomic E-state index is 0.423. The van der Waals surface area contributed by atoms with Crippen molar-refractivity contribution in [2.75, 3.05) is 11.9 Å². The van der Waals surface area contributed by atoms with Gasteiger partial charge in [-0.05, 0) is 43.2 Å². The number of H-pyrrole nitrogens is 2. The predicted molar refractivity (Wildman–Crippen MR) is 74.3 cm³/mol. The summed E-state index contributed by atoms with van der Waals surface area (Å²) in [5, 5.41) is 3.23. The van der Waals surface area contributed by atoms with Crippen molar-refractivity contribution >= 4 is 30.4 Å². The first-order valence-electron chi connectivity index (χ1n) is 6.18. The molecule has 0 aromatic carbocycles. The van der Waals surface area contributed by atoms with E-state index in [1.165, 1.54) is 38.5 Å². The first-order chi connectivity index (χ1) is 8.24. The van der Waals surface area contributed by atoms with Gasteiger partial charge in [-0.15, -0.1) is 0 Å². The second kappa shape index (κ2) is 6.26. The van der Waals surface area contributed by atoms with Gasteiger partial charge >= 0.3 is 0 Å². The first kappa shape index (κ1) is 12.7. The third-order valence-corrected chi connectivity index (χ3v) is 3.62. The normalized spacial score (nSPS) is 16.2. The second-order valence-corrected chi connectivity index (χ2v) is 5.36. The molecule has 1 aliphatic rings. The molecule has 1 fully saturated rings. The van der Waals surface area contributed by atoms with Crippen LogP contribution in [0.15, 0.2) is 0 Å². The molecule has 1 heterocycles. The number of hydrogen-bond donors (Lipinski definition) is 3. The number of nitrogens with one attached hydrogen (secondary N) is 3. The Morgan fingerprint density at radius 3 is 2.71 bits per heavy atom. The zero-order valence-corrected chi connectivity index (χ0v) is 11.4. The van der Waals surface area contributed by atoms with Crippen LogP contribution in [0.5, 0.6) is 0 Å². The fraction of sp³-hybridized carbons (Fsp3) is 0.727. The summed E-state index contributed by atoms with van der Waals surface area (Å²) >= 11 is 9.96. The molecule has 4 nitrogen and oxygen atoms in total. The van der Waals surface area contributed by atoms with Crippen LogP contribution in [0.4, 0.5) is 5.95 Å². The van der Waals surface area contributed by atoms with E-state index in [1.54, 1.807) is 0 Å². The van der Waals surface area contributed by atoms with E-state index < -0.39 is 0 Å². The van der Waals surface area contributed by atoms with Gasteiger partial charge in [-0.2, -0.15) is 4.98 Å². The third-order valence-electron chi connectivity index (χ3n) is 3.22. The van der Waals surface area contributed by atoms with Crippen molar-refractivity contribution < 1.29 is 0 Å². The summed E-state index contributed by atoms with van der Waals surface area (Å²) in [6, 6.07) is 0. The SMILES string of the molecule is S=c1nc(NCCCC2CCCC2)[nH]c(=S)[nH]1. The molecular formula is C11H18N4S2. The van der Waals surface area contributed by atoms with Gasteiger partial charge < -0.3 is 15.3 Å². The Labute approximate surface area is 111 Å². The molecule has 0 aliphatic heterocycles. The van der Waals surface area contributed by atoms with Gasteiger partial charge in [-0.3, -0.25) is 0 Å². The summed E-state index contributed by atoms with van der Waals surface area (Å²) in [6.07, 6.45) is 8.15. The minimum Gasteiger partial charge on any atom is -0.356 e. The molecular weight excluding hydrogens is 252 g/mol. The van der Waals surface area contributed by atoms with Crippen LogP contribution in [0.3, 0.4) is 0 Å². The van der Waals surface area contributed by atoms with Crippen LogP contribution in [0.1, 0.15) is 38.5 Å². The predicted octanol–water partition coefficient (Wildman–Crippen LogP) is 3.58. The molecule has 0 atom stereocenters. The lowest BCUT2D eigenvalue weighted by Gasteiger charge is -2.09. The maximum atomic E-state index is 5.00. The highest BCUT2D eigenvalue weighted by Crippen LogP contribution is 2.28. The summed E-state index contributed by atoms with van der Waals surface area (Å²) in [7, 11) is 0. The van der Waals surface area contributed by atoms with Gasteiger partial charge in [0.15, 0.2) is 4.77 Å². The zero-order valence-electron chi connectivity index (χ0n) is 9.79. The van der Waals surface area contributed by atoms with Crippen LogP contribution in [0.2, 0.25) is 0 Å². The maximum Gasteiger partial charge on any atom is 0.205 e. The molecule has 1 aliphatic carbocycles. The quantitative estimate of drug-likeness (QED) is 0.565. The summed E-state index contributed by atoms with van der Waals surface area (Å²) in [5.41, 5.74) is 0. The second-order valence-electron chi connectivity index (χ2n) is 4.56. The van der Waals surface area contributed by atoms with E-state index in [0.29, 0.717) is 15.5 Å². The smallest absolute Gasteiger partial charge is 0.205 e. The van der Waals surface area contributed by atoms with E-state index in [9.17, 15) is 0 Å². The lowest BCUT2D eigenvalue weighted by Crippen LogP contribution is -2.07. The van der Waals surface area contributed by atoms with E-state index in [4.69, 9.17) is 24.4 Å². The molecule has 6 heteroatoms. The fourth-order valence-electron chi connectivity index (χ4n) is 2.37. The number of rotatable bonds is 5. The summed E-state index contributed by atoms with van der Waals surface area (Å²) in [4.78, 5) is 9.84. The highest BCUT2D eigenvalue weighted by atomic mass is 32.1. The Morgan fingerprint density at radius 1 is 1.24 bits per heavy atom. The molecule has 0 radical (unpaired) electrons. The van der Waals surface area contributed by atoms with Crippen LogP contribution in [-0.4, -0.2) is 21.5 Å². The molecule has 94 valence electrons. The zero-order chi connectivity index (χ0) is 12.1. The average Bonchev–Trinajstić information content (AvgIpc) is 2.76. The highest BCUT2D eigenvalue weighted by molar-refractivity contribution is 7.71.